The minimum atomic E-state index is -1.47. The van der Waals surface area contributed by atoms with Crippen LogP contribution in [0.3, 0.4) is 0 Å². The van der Waals surface area contributed by atoms with Gasteiger partial charge in [-0.2, -0.15) is 0 Å². The van der Waals surface area contributed by atoms with Crippen molar-refractivity contribution < 1.29 is 0 Å². The van der Waals surface area contributed by atoms with E-state index in [-0.39, 0.29) is 0 Å². The molecule has 0 radical (unpaired) electrons. The minimum absolute atomic E-state index is 0.299. The van der Waals surface area contributed by atoms with E-state index in [1.807, 2.05) is 0 Å². The zero-order chi connectivity index (χ0) is 13.4. The van der Waals surface area contributed by atoms with Crippen molar-refractivity contribution >= 4 is 8.24 Å². The van der Waals surface area contributed by atoms with Gasteiger partial charge >= 0.3 is 0 Å². The van der Waals surface area contributed by atoms with Crippen molar-refractivity contribution in [3.63, 3.8) is 0 Å². The predicted octanol–water partition coefficient (Wildman–Crippen LogP) is 4.59. The lowest BCUT2D eigenvalue weighted by Crippen LogP contribution is -2.56. The molecule has 1 aliphatic rings. The molecular weight excluding hydrogens is 222 g/mol. The highest BCUT2D eigenvalue weighted by Crippen LogP contribution is 2.53. The molecule has 1 nitrogen and oxygen atoms in total. The van der Waals surface area contributed by atoms with Crippen LogP contribution in [0, 0.1) is 0 Å². The first-order chi connectivity index (χ1) is 7.72. The first kappa shape index (κ1) is 14.7. The summed E-state index contributed by atoms with van der Waals surface area (Å²) >= 11 is 0. The van der Waals surface area contributed by atoms with Crippen LogP contribution in [0.5, 0.6) is 0 Å². The van der Waals surface area contributed by atoms with E-state index in [0.717, 1.165) is 0 Å². The van der Waals surface area contributed by atoms with Gasteiger partial charge in [0.2, 0.25) is 0 Å². The lowest BCUT2D eigenvalue weighted by Gasteiger charge is -2.47. The molecule has 1 rings (SSSR count). The maximum Gasteiger partial charge on any atom is 0.136 e. The van der Waals surface area contributed by atoms with Gasteiger partial charge in [0, 0.05) is 5.04 Å². The molecule has 0 bridgehead atoms. The molecule has 0 aliphatic heterocycles. The van der Waals surface area contributed by atoms with Gasteiger partial charge in [-0.3, -0.25) is 0 Å². The number of nitrogens with zero attached hydrogens (tertiary/aromatic N) is 1. The van der Waals surface area contributed by atoms with E-state index in [2.05, 4.69) is 65.3 Å². The van der Waals surface area contributed by atoms with Gasteiger partial charge in [0.1, 0.15) is 8.24 Å². The molecular formula is C15H29NSi. The number of hydrogen-bond acceptors (Lipinski definition) is 1. The van der Waals surface area contributed by atoms with Gasteiger partial charge in [0.05, 0.1) is 0 Å². The topological polar surface area (TPSA) is 3.24 Å². The molecule has 0 amide bonds. The highest BCUT2D eigenvalue weighted by atomic mass is 28.3. The highest BCUT2D eigenvalue weighted by molar-refractivity contribution is 6.79. The molecule has 0 heterocycles. The molecule has 0 saturated heterocycles. The molecule has 0 aromatic rings. The van der Waals surface area contributed by atoms with E-state index in [9.17, 15) is 0 Å². The lowest BCUT2D eigenvalue weighted by atomic mass is 10.0. The van der Waals surface area contributed by atoms with E-state index in [4.69, 9.17) is 0 Å². The van der Waals surface area contributed by atoms with Crippen LogP contribution in [0.25, 0.3) is 0 Å². The molecule has 0 aromatic carbocycles. The Morgan fingerprint density at radius 2 is 1.59 bits per heavy atom. The average molecular weight is 251 g/mol. The summed E-state index contributed by atoms with van der Waals surface area (Å²) in [5.41, 5.74) is 4.59. The Hall–Kier alpha value is -0.343. The van der Waals surface area contributed by atoms with E-state index in [0.29, 0.717) is 5.04 Å². The summed E-state index contributed by atoms with van der Waals surface area (Å²) in [5.74, 6) is 0. The quantitative estimate of drug-likeness (QED) is 0.661. The summed E-state index contributed by atoms with van der Waals surface area (Å²) in [6, 6.07) is 0. The first-order valence-electron chi connectivity index (χ1n) is 6.85. The van der Waals surface area contributed by atoms with Gasteiger partial charge < -0.3 is 4.57 Å². The fourth-order valence-electron chi connectivity index (χ4n) is 3.31. The number of rotatable bonds is 4. The Labute approximate surface area is 109 Å². The Bertz CT molecular complexity index is 361. The molecule has 0 saturated carbocycles. The Morgan fingerprint density at radius 3 is 1.88 bits per heavy atom. The van der Waals surface area contributed by atoms with Crippen LogP contribution in [0.15, 0.2) is 22.8 Å². The van der Waals surface area contributed by atoms with Crippen molar-refractivity contribution in [3.8, 4) is 0 Å². The predicted molar refractivity (Wildman–Crippen MR) is 80.9 cm³/mol. The van der Waals surface area contributed by atoms with Gasteiger partial charge in [-0.1, -0.05) is 51.1 Å². The standard InChI is InChI=1S/C15H29NSi/c1-9-16(10-2)17(7,8)15(6)11-12(3)13(4)14(15)5/h11H,9-10H2,1-8H3. The van der Waals surface area contributed by atoms with Crippen molar-refractivity contribution in [2.75, 3.05) is 13.1 Å². The SMILES string of the molecule is CCN(CC)[Si](C)(C)C1(C)C=C(C)C(C)=C1C. The molecule has 17 heavy (non-hydrogen) atoms. The second-order valence-electron chi connectivity index (χ2n) is 6.01. The molecule has 98 valence electrons. The summed E-state index contributed by atoms with van der Waals surface area (Å²) in [5, 5.41) is 0.299. The van der Waals surface area contributed by atoms with Gasteiger partial charge in [0.15, 0.2) is 0 Å². The summed E-state index contributed by atoms with van der Waals surface area (Å²) < 4.78 is 2.71. The van der Waals surface area contributed by atoms with Crippen LogP contribution in [-0.4, -0.2) is 25.9 Å². The Balaban J connectivity index is 3.25. The second kappa shape index (κ2) is 4.73. The summed E-state index contributed by atoms with van der Waals surface area (Å²) in [4.78, 5) is 0. The molecule has 0 N–H and O–H groups in total. The summed E-state index contributed by atoms with van der Waals surface area (Å²) in [7, 11) is -1.47. The largest absolute Gasteiger partial charge is 0.323 e. The molecule has 2 heteroatoms. The lowest BCUT2D eigenvalue weighted by molar-refractivity contribution is 0.448. The van der Waals surface area contributed by atoms with E-state index >= 15 is 0 Å². The second-order valence-corrected chi connectivity index (χ2v) is 10.8. The molecule has 0 aromatic heterocycles. The summed E-state index contributed by atoms with van der Waals surface area (Å²) in [6.45, 7) is 21.3. The fourth-order valence-corrected chi connectivity index (χ4v) is 7.23. The average Bonchev–Trinajstić information content (AvgIpc) is 2.45. The van der Waals surface area contributed by atoms with Gasteiger partial charge in [-0.05, 0) is 39.4 Å². The molecule has 0 fully saturated rings. The highest BCUT2D eigenvalue weighted by Gasteiger charge is 2.48. The normalized spacial score (nSPS) is 25.8. The van der Waals surface area contributed by atoms with Gasteiger partial charge in [0.25, 0.3) is 0 Å². The van der Waals surface area contributed by atoms with E-state index in [1.54, 1.807) is 5.57 Å². The molecule has 0 spiro atoms. The van der Waals surface area contributed by atoms with Crippen molar-refractivity contribution in [2.45, 2.75) is 59.7 Å². The van der Waals surface area contributed by atoms with Crippen molar-refractivity contribution in [2.24, 2.45) is 0 Å². The maximum atomic E-state index is 2.71. The zero-order valence-electron chi connectivity index (χ0n) is 12.9. The third kappa shape index (κ3) is 2.06. The smallest absolute Gasteiger partial charge is 0.136 e. The van der Waals surface area contributed by atoms with Crippen LogP contribution < -0.4 is 0 Å². The number of allylic oxidation sites excluding steroid dienone is 4. The third-order valence-corrected chi connectivity index (χ3v) is 10.5. The monoisotopic (exact) mass is 251 g/mol. The fraction of sp³-hybridized carbons (Fsp3) is 0.733. The molecule has 1 unspecified atom stereocenters. The van der Waals surface area contributed by atoms with Crippen molar-refractivity contribution in [3.05, 3.63) is 22.8 Å². The van der Waals surface area contributed by atoms with Crippen molar-refractivity contribution in [1.29, 1.82) is 0 Å². The minimum Gasteiger partial charge on any atom is -0.323 e. The van der Waals surface area contributed by atoms with E-state index in [1.165, 1.54) is 24.2 Å². The van der Waals surface area contributed by atoms with Gasteiger partial charge in [-0.15, -0.1) is 0 Å². The van der Waals surface area contributed by atoms with Crippen LogP contribution in [-0.2, 0) is 0 Å². The summed E-state index contributed by atoms with van der Waals surface area (Å²) in [6.07, 6.45) is 2.53. The van der Waals surface area contributed by atoms with Crippen LogP contribution in [0.2, 0.25) is 18.1 Å². The Morgan fingerprint density at radius 1 is 1.12 bits per heavy atom. The zero-order valence-corrected chi connectivity index (χ0v) is 13.9. The van der Waals surface area contributed by atoms with Gasteiger partial charge in [-0.25, -0.2) is 0 Å². The van der Waals surface area contributed by atoms with Crippen LogP contribution in [0.4, 0.5) is 0 Å². The molecule has 1 aliphatic carbocycles. The molecule has 1 atom stereocenters. The third-order valence-electron chi connectivity index (χ3n) is 5.26. The number of hydrogen-bond donors (Lipinski definition) is 0. The van der Waals surface area contributed by atoms with Crippen LogP contribution in [0.1, 0.15) is 41.5 Å². The van der Waals surface area contributed by atoms with Crippen LogP contribution >= 0.6 is 0 Å². The Kier molecular flexibility index (Phi) is 4.10. The first-order valence-corrected chi connectivity index (χ1v) is 9.79. The van der Waals surface area contributed by atoms with Crippen molar-refractivity contribution in [1.82, 2.24) is 4.57 Å². The maximum absolute atomic E-state index is 2.71. The van der Waals surface area contributed by atoms with E-state index < -0.39 is 8.24 Å².